The summed E-state index contributed by atoms with van der Waals surface area (Å²) in [6, 6.07) is 3.17. The monoisotopic (exact) mass is 526 g/mol. The Bertz CT molecular complexity index is 1380. The van der Waals surface area contributed by atoms with Gasteiger partial charge in [0.1, 0.15) is 29.0 Å². The number of thiazole rings is 1. The number of ketones is 1. The summed E-state index contributed by atoms with van der Waals surface area (Å²) in [5.41, 5.74) is 0.582. The average molecular weight is 527 g/mol. The number of amides is 1. The Labute approximate surface area is 215 Å². The van der Waals surface area contributed by atoms with Crippen molar-refractivity contribution in [2.24, 2.45) is 0 Å². The molecule has 0 aliphatic rings. The molecule has 1 atom stereocenters. The number of Topliss-reactive ketones (excluding diaryl/α,β-unsaturated/α-hetero) is 1. The number of carbonyl (C=O) groups excluding carboxylic acids is 2. The summed E-state index contributed by atoms with van der Waals surface area (Å²) in [4.78, 5) is 47.0. The molecule has 4 aromatic rings. The molecule has 0 radical (unpaired) electrons. The maximum Gasteiger partial charge on any atom is 0.269 e. The zero-order valence-electron chi connectivity index (χ0n) is 19.9. The van der Waals surface area contributed by atoms with Crippen molar-refractivity contribution in [1.29, 1.82) is 0 Å². The maximum atomic E-state index is 12.8. The lowest BCUT2D eigenvalue weighted by Gasteiger charge is -2.19. The largest absolute Gasteiger partial charge is 0.363 e. The van der Waals surface area contributed by atoms with Crippen molar-refractivity contribution in [2.45, 2.75) is 45.4 Å². The van der Waals surface area contributed by atoms with E-state index in [-0.39, 0.29) is 41.1 Å². The Balaban J connectivity index is 1.40. The Hall–Kier alpha value is -3.77. The first-order valence-electron chi connectivity index (χ1n) is 10.9. The van der Waals surface area contributed by atoms with Crippen molar-refractivity contribution >= 4 is 52.2 Å². The number of hydrogen-bond donors (Lipinski definition) is 2. The SMILES string of the molecule is CC(CC(=O)c1cc(Nc2ccon2)ncn1)c1ncc(C(=O)Nc2ncc(Cl)c(C(C)(C)C)n2)s1. The second kappa shape index (κ2) is 10.5. The van der Waals surface area contributed by atoms with Crippen LogP contribution < -0.4 is 10.6 Å². The molecule has 0 saturated carbocycles. The smallest absolute Gasteiger partial charge is 0.269 e. The van der Waals surface area contributed by atoms with Gasteiger partial charge in [-0.15, -0.1) is 11.3 Å². The van der Waals surface area contributed by atoms with E-state index in [0.29, 0.717) is 32.2 Å². The number of hydrogen-bond acceptors (Lipinski definition) is 11. The lowest BCUT2D eigenvalue weighted by atomic mass is 9.92. The summed E-state index contributed by atoms with van der Waals surface area (Å²) in [6.07, 6.45) is 5.82. The van der Waals surface area contributed by atoms with Gasteiger partial charge in [0.25, 0.3) is 5.91 Å². The van der Waals surface area contributed by atoms with E-state index in [2.05, 4.69) is 40.7 Å². The van der Waals surface area contributed by atoms with Crippen LogP contribution in [0, 0.1) is 0 Å². The average Bonchev–Trinajstić information content (AvgIpc) is 3.52. The fourth-order valence-corrected chi connectivity index (χ4v) is 4.43. The first-order valence-corrected chi connectivity index (χ1v) is 12.1. The summed E-state index contributed by atoms with van der Waals surface area (Å²) in [5.74, 6) is 0.240. The molecule has 13 heteroatoms. The van der Waals surface area contributed by atoms with Crippen LogP contribution in [0.1, 0.15) is 70.9 Å². The summed E-state index contributed by atoms with van der Waals surface area (Å²) in [7, 11) is 0. The van der Waals surface area contributed by atoms with Gasteiger partial charge in [0.2, 0.25) is 5.95 Å². The van der Waals surface area contributed by atoms with E-state index in [1.165, 1.54) is 36.3 Å². The van der Waals surface area contributed by atoms with E-state index >= 15 is 0 Å². The highest BCUT2D eigenvalue weighted by atomic mass is 35.5. The molecule has 0 spiro atoms. The first kappa shape index (κ1) is 25.3. The molecule has 186 valence electrons. The Morgan fingerprint density at radius 3 is 2.67 bits per heavy atom. The zero-order chi connectivity index (χ0) is 25.9. The second-order valence-corrected chi connectivity index (χ2v) is 10.5. The van der Waals surface area contributed by atoms with Gasteiger partial charge in [-0.05, 0) is 0 Å². The van der Waals surface area contributed by atoms with Gasteiger partial charge in [0.05, 0.1) is 28.1 Å². The van der Waals surface area contributed by atoms with Crippen molar-refractivity contribution in [1.82, 2.24) is 30.1 Å². The number of anilines is 3. The van der Waals surface area contributed by atoms with E-state index in [0.717, 1.165) is 0 Å². The summed E-state index contributed by atoms with van der Waals surface area (Å²) in [6.45, 7) is 7.79. The van der Waals surface area contributed by atoms with Gasteiger partial charge in [-0.3, -0.25) is 14.9 Å². The molecule has 0 aliphatic carbocycles. The molecule has 4 aromatic heterocycles. The molecule has 1 unspecified atom stereocenters. The predicted molar refractivity (Wildman–Crippen MR) is 135 cm³/mol. The van der Waals surface area contributed by atoms with Crippen molar-refractivity contribution in [3.05, 3.63) is 63.4 Å². The van der Waals surface area contributed by atoms with Crippen molar-refractivity contribution in [3.63, 3.8) is 0 Å². The van der Waals surface area contributed by atoms with Crippen molar-refractivity contribution in [3.8, 4) is 0 Å². The number of carbonyl (C=O) groups is 2. The van der Waals surface area contributed by atoms with Crippen LogP contribution in [-0.4, -0.2) is 41.8 Å². The van der Waals surface area contributed by atoms with Crippen LogP contribution in [0.5, 0.6) is 0 Å². The molecule has 0 aliphatic heterocycles. The van der Waals surface area contributed by atoms with Crippen LogP contribution in [0.2, 0.25) is 5.02 Å². The number of nitrogens with one attached hydrogen (secondary N) is 2. The lowest BCUT2D eigenvalue weighted by Crippen LogP contribution is -2.18. The topological polar surface area (TPSA) is 149 Å². The summed E-state index contributed by atoms with van der Waals surface area (Å²) < 4.78 is 4.77. The quantitative estimate of drug-likeness (QED) is 0.299. The molecular formula is C23H23ClN8O3S. The molecule has 0 saturated heterocycles. The summed E-state index contributed by atoms with van der Waals surface area (Å²) >= 11 is 7.41. The van der Waals surface area contributed by atoms with E-state index in [1.54, 1.807) is 12.1 Å². The van der Waals surface area contributed by atoms with Crippen LogP contribution in [0.3, 0.4) is 0 Å². The summed E-state index contributed by atoms with van der Waals surface area (Å²) in [5, 5.41) is 10.5. The van der Waals surface area contributed by atoms with Crippen molar-refractivity contribution < 1.29 is 14.1 Å². The fraction of sp³-hybridized carbons (Fsp3) is 0.304. The van der Waals surface area contributed by atoms with Gasteiger partial charge in [0.15, 0.2) is 11.6 Å². The highest BCUT2D eigenvalue weighted by Crippen LogP contribution is 2.29. The normalized spacial score (nSPS) is 12.2. The molecule has 1 amide bonds. The molecule has 11 nitrogen and oxygen atoms in total. The van der Waals surface area contributed by atoms with Gasteiger partial charge < -0.3 is 9.84 Å². The molecule has 4 heterocycles. The third-order valence-corrected chi connectivity index (χ3v) is 6.49. The third kappa shape index (κ3) is 6.07. The van der Waals surface area contributed by atoms with Gasteiger partial charge >= 0.3 is 0 Å². The third-order valence-electron chi connectivity index (χ3n) is 4.99. The minimum atomic E-state index is -0.390. The van der Waals surface area contributed by atoms with Crippen LogP contribution in [0.25, 0.3) is 0 Å². The Morgan fingerprint density at radius 2 is 1.94 bits per heavy atom. The molecule has 2 N–H and O–H groups in total. The number of rotatable bonds is 8. The van der Waals surface area contributed by atoms with E-state index in [1.807, 2.05) is 27.7 Å². The van der Waals surface area contributed by atoms with Crippen LogP contribution in [0.4, 0.5) is 17.6 Å². The molecule has 4 rings (SSSR count). The number of aromatic nitrogens is 6. The Morgan fingerprint density at radius 1 is 1.14 bits per heavy atom. The van der Waals surface area contributed by atoms with Crippen LogP contribution >= 0.6 is 22.9 Å². The molecular weight excluding hydrogens is 504 g/mol. The van der Waals surface area contributed by atoms with Gasteiger partial charge in [-0.2, -0.15) is 0 Å². The van der Waals surface area contributed by atoms with Crippen LogP contribution in [0.15, 0.2) is 41.6 Å². The van der Waals surface area contributed by atoms with Crippen molar-refractivity contribution in [2.75, 3.05) is 10.6 Å². The number of nitrogens with zero attached hydrogens (tertiary/aromatic N) is 6. The maximum absolute atomic E-state index is 12.8. The molecule has 0 aromatic carbocycles. The van der Waals surface area contributed by atoms with Gasteiger partial charge in [-0.25, -0.2) is 24.9 Å². The van der Waals surface area contributed by atoms with E-state index in [4.69, 9.17) is 16.1 Å². The molecule has 0 bridgehead atoms. The molecule has 0 fully saturated rings. The molecule has 36 heavy (non-hydrogen) atoms. The Kier molecular flexibility index (Phi) is 7.36. The van der Waals surface area contributed by atoms with Crippen LogP contribution in [-0.2, 0) is 5.41 Å². The fourth-order valence-electron chi connectivity index (χ4n) is 3.19. The van der Waals surface area contributed by atoms with Gasteiger partial charge in [-0.1, -0.05) is 44.5 Å². The predicted octanol–water partition coefficient (Wildman–Crippen LogP) is 5.03. The van der Waals surface area contributed by atoms with E-state index in [9.17, 15) is 9.59 Å². The highest BCUT2D eigenvalue weighted by molar-refractivity contribution is 7.13. The second-order valence-electron chi connectivity index (χ2n) is 8.98. The lowest BCUT2D eigenvalue weighted by molar-refractivity contribution is 0.0969. The van der Waals surface area contributed by atoms with Gasteiger partial charge in [0, 0.05) is 29.9 Å². The minimum Gasteiger partial charge on any atom is -0.363 e. The minimum absolute atomic E-state index is 0.157. The van der Waals surface area contributed by atoms with E-state index < -0.39 is 0 Å². The highest BCUT2D eigenvalue weighted by Gasteiger charge is 2.23. The first-order chi connectivity index (χ1) is 17.1. The number of halogens is 1. The zero-order valence-corrected chi connectivity index (χ0v) is 21.5. The standard InChI is InChI=1S/C23H23ClN8O3S/c1-12(7-15(33)14-8-18(28-11-27-14)29-17-5-6-35-32-17)21-25-10-16(36-21)20(34)31-22-26-9-13(24)19(30-22)23(2,3)4/h5-6,8-12H,7H2,1-4H3,(H,26,30,31,34)(H,27,28,29,32).